The first kappa shape index (κ1) is 11.9. The summed E-state index contributed by atoms with van der Waals surface area (Å²) in [6, 6.07) is 0. The van der Waals surface area contributed by atoms with E-state index in [1.54, 1.807) is 0 Å². The Morgan fingerprint density at radius 2 is 2.14 bits per heavy atom. The lowest BCUT2D eigenvalue weighted by Gasteiger charge is -2.18. The number of carbonyl (C=O) groups is 1. The second-order valence-electron chi connectivity index (χ2n) is 4.04. The molecule has 0 aromatic heterocycles. The Morgan fingerprint density at radius 3 is 2.50 bits per heavy atom. The number of rotatable bonds is 2. The number of halogens is 3. The highest BCUT2D eigenvalue weighted by atomic mass is 79.9. The molecule has 1 aliphatic heterocycles. The van der Waals surface area contributed by atoms with E-state index in [9.17, 15) is 13.6 Å². The maximum Gasteiger partial charge on any atom is 0.254 e. The Labute approximate surface area is 90.8 Å². The number of hydrogen-bond acceptors (Lipinski definition) is 1. The summed E-state index contributed by atoms with van der Waals surface area (Å²) in [5.74, 6) is -3.01. The number of carbonyl (C=O) groups excluding carboxylic acids is 1. The van der Waals surface area contributed by atoms with Crippen LogP contribution in [0.3, 0.4) is 0 Å². The number of nitrogens with zero attached hydrogens (tertiary/aromatic N) is 1. The smallest absolute Gasteiger partial charge is 0.254 e. The molecule has 2 nitrogen and oxygen atoms in total. The molecule has 0 radical (unpaired) electrons. The van der Waals surface area contributed by atoms with Crippen molar-refractivity contribution in [2.45, 2.75) is 31.0 Å². The number of amides is 1. The van der Waals surface area contributed by atoms with Crippen LogP contribution in [0.4, 0.5) is 8.78 Å². The van der Waals surface area contributed by atoms with Crippen LogP contribution in [0.15, 0.2) is 0 Å². The molecule has 1 amide bonds. The highest BCUT2D eigenvalue weighted by Gasteiger charge is 2.34. The lowest BCUT2D eigenvalue weighted by atomic mass is 10.2. The van der Waals surface area contributed by atoms with Crippen LogP contribution in [0.1, 0.15) is 20.3 Å². The van der Waals surface area contributed by atoms with Gasteiger partial charge < -0.3 is 4.90 Å². The van der Waals surface area contributed by atoms with E-state index in [2.05, 4.69) is 15.9 Å². The van der Waals surface area contributed by atoms with Gasteiger partial charge >= 0.3 is 0 Å². The Hall–Kier alpha value is -0.190. The predicted molar refractivity (Wildman–Crippen MR) is 53.7 cm³/mol. The molecule has 1 rings (SSSR count). The molecule has 1 fully saturated rings. The molecule has 14 heavy (non-hydrogen) atoms. The van der Waals surface area contributed by atoms with Crippen molar-refractivity contribution in [1.82, 2.24) is 4.90 Å². The van der Waals surface area contributed by atoms with Crippen LogP contribution in [0.25, 0.3) is 0 Å². The highest BCUT2D eigenvalue weighted by molar-refractivity contribution is 9.09. The third kappa shape index (κ3) is 3.19. The van der Waals surface area contributed by atoms with Crippen LogP contribution < -0.4 is 0 Å². The summed E-state index contributed by atoms with van der Waals surface area (Å²) >= 11 is 3.41. The van der Waals surface area contributed by atoms with Crippen LogP contribution in [-0.4, -0.2) is 34.6 Å². The van der Waals surface area contributed by atoms with E-state index in [0.717, 1.165) is 6.92 Å². The zero-order valence-corrected chi connectivity index (χ0v) is 9.85. The van der Waals surface area contributed by atoms with Gasteiger partial charge in [-0.15, -0.1) is 0 Å². The Morgan fingerprint density at radius 1 is 1.57 bits per heavy atom. The van der Waals surface area contributed by atoms with Crippen LogP contribution in [-0.2, 0) is 4.79 Å². The summed E-state index contributed by atoms with van der Waals surface area (Å²) in [6.07, 6.45) is -0.681. The average Bonchev–Trinajstić information content (AvgIpc) is 2.28. The summed E-state index contributed by atoms with van der Waals surface area (Å²) in [7, 11) is 0. The van der Waals surface area contributed by atoms with Crippen molar-refractivity contribution in [3.05, 3.63) is 0 Å². The van der Waals surface area contributed by atoms with Crippen LogP contribution in [0.2, 0.25) is 0 Å². The monoisotopic (exact) mass is 269 g/mol. The van der Waals surface area contributed by atoms with Gasteiger partial charge in [0.25, 0.3) is 5.92 Å². The van der Waals surface area contributed by atoms with Gasteiger partial charge in [0.1, 0.15) is 0 Å². The highest BCUT2D eigenvalue weighted by Crippen LogP contribution is 2.26. The molecule has 0 saturated carbocycles. The van der Waals surface area contributed by atoms with Crippen molar-refractivity contribution in [3.63, 3.8) is 0 Å². The fourth-order valence-corrected chi connectivity index (χ4v) is 2.02. The number of hydrogen-bond donors (Lipinski definition) is 0. The molecule has 1 saturated heterocycles. The first-order chi connectivity index (χ1) is 6.29. The summed E-state index contributed by atoms with van der Waals surface area (Å²) in [5.41, 5.74) is 0. The molecule has 0 aromatic rings. The fraction of sp³-hybridized carbons (Fsp3) is 0.889. The molecular formula is C9H14BrF2NO. The molecule has 5 heteroatoms. The van der Waals surface area contributed by atoms with Crippen LogP contribution in [0, 0.1) is 5.92 Å². The molecule has 2 atom stereocenters. The second kappa shape index (κ2) is 4.13. The minimum absolute atomic E-state index is 0.233. The largest absolute Gasteiger partial charge is 0.341 e. The molecule has 0 aliphatic carbocycles. The van der Waals surface area contributed by atoms with E-state index in [0.29, 0.717) is 19.0 Å². The minimum atomic E-state index is -2.90. The molecule has 82 valence electrons. The van der Waals surface area contributed by atoms with Crippen molar-refractivity contribution in [1.29, 1.82) is 0 Å². The standard InChI is InChI=1S/C9H14BrF2NO/c1-6-4-13(5-7(6)10)8(14)3-9(2,11)12/h6-7H,3-5H2,1-2H3. The predicted octanol–water partition coefficient (Wildman–Crippen LogP) is 2.27. The third-order valence-corrected chi connectivity index (χ3v) is 3.53. The first-order valence-electron chi connectivity index (χ1n) is 4.59. The van der Waals surface area contributed by atoms with Crippen molar-refractivity contribution in [3.8, 4) is 0 Å². The molecular weight excluding hydrogens is 256 g/mol. The summed E-state index contributed by atoms with van der Waals surface area (Å²) in [6.45, 7) is 3.88. The zero-order valence-electron chi connectivity index (χ0n) is 8.27. The average molecular weight is 270 g/mol. The van der Waals surface area contributed by atoms with E-state index >= 15 is 0 Å². The Kier molecular flexibility index (Phi) is 3.50. The van der Waals surface area contributed by atoms with Crippen LogP contribution >= 0.6 is 15.9 Å². The zero-order chi connectivity index (χ0) is 10.9. The topological polar surface area (TPSA) is 20.3 Å². The van der Waals surface area contributed by atoms with Crippen molar-refractivity contribution in [2.24, 2.45) is 5.92 Å². The summed E-state index contributed by atoms with van der Waals surface area (Å²) in [5, 5.41) is 0. The van der Waals surface area contributed by atoms with E-state index in [-0.39, 0.29) is 4.83 Å². The second-order valence-corrected chi connectivity index (χ2v) is 5.22. The minimum Gasteiger partial charge on any atom is -0.341 e. The van der Waals surface area contributed by atoms with Gasteiger partial charge in [-0.05, 0) is 12.8 Å². The van der Waals surface area contributed by atoms with Gasteiger partial charge in [0.15, 0.2) is 0 Å². The number of likely N-dealkylation sites (tertiary alicyclic amines) is 1. The molecule has 0 N–H and O–H groups in total. The molecule has 0 bridgehead atoms. The third-order valence-electron chi connectivity index (χ3n) is 2.33. The van der Waals surface area contributed by atoms with Gasteiger partial charge in [-0.25, -0.2) is 8.78 Å². The molecule has 1 aliphatic rings. The van der Waals surface area contributed by atoms with Gasteiger partial charge in [0.05, 0.1) is 6.42 Å². The van der Waals surface area contributed by atoms with E-state index in [4.69, 9.17) is 0 Å². The van der Waals surface area contributed by atoms with Crippen molar-refractivity contribution < 1.29 is 13.6 Å². The lowest BCUT2D eigenvalue weighted by molar-refractivity contribution is -0.136. The lowest BCUT2D eigenvalue weighted by Crippen LogP contribution is -2.33. The van der Waals surface area contributed by atoms with Gasteiger partial charge in [-0.3, -0.25) is 4.79 Å². The number of alkyl halides is 3. The Bertz CT molecular complexity index is 219. The van der Waals surface area contributed by atoms with E-state index in [1.165, 1.54) is 4.90 Å². The maximum absolute atomic E-state index is 12.6. The SMILES string of the molecule is CC1CN(C(=O)CC(C)(F)F)CC1Br. The maximum atomic E-state index is 12.6. The van der Waals surface area contributed by atoms with Crippen molar-refractivity contribution >= 4 is 21.8 Å². The first-order valence-corrected chi connectivity index (χ1v) is 5.51. The van der Waals surface area contributed by atoms with Gasteiger partial charge in [-0.1, -0.05) is 22.9 Å². The Balaban J connectivity index is 2.48. The van der Waals surface area contributed by atoms with E-state index < -0.39 is 18.3 Å². The molecule has 2 unspecified atom stereocenters. The van der Waals surface area contributed by atoms with E-state index in [1.807, 2.05) is 6.92 Å². The summed E-state index contributed by atoms with van der Waals surface area (Å²) in [4.78, 5) is 13.1. The molecule has 0 aromatic carbocycles. The van der Waals surface area contributed by atoms with Crippen molar-refractivity contribution in [2.75, 3.05) is 13.1 Å². The van der Waals surface area contributed by atoms with Gasteiger partial charge in [0.2, 0.25) is 5.91 Å². The van der Waals surface area contributed by atoms with Gasteiger partial charge in [0, 0.05) is 17.9 Å². The van der Waals surface area contributed by atoms with Crippen LogP contribution in [0.5, 0.6) is 0 Å². The van der Waals surface area contributed by atoms with Gasteiger partial charge in [-0.2, -0.15) is 0 Å². The molecule has 1 heterocycles. The quantitative estimate of drug-likeness (QED) is 0.705. The molecule has 0 spiro atoms. The summed E-state index contributed by atoms with van der Waals surface area (Å²) < 4.78 is 25.1. The fourth-order valence-electron chi connectivity index (χ4n) is 1.51. The normalized spacial score (nSPS) is 28.2.